The van der Waals surface area contributed by atoms with E-state index in [9.17, 15) is 9.59 Å². The fourth-order valence-electron chi connectivity index (χ4n) is 6.17. The van der Waals surface area contributed by atoms with Gasteiger partial charge in [0.25, 0.3) is 0 Å². The van der Waals surface area contributed by atoms with Gasteiger partial charge in [0.2, 0.25) is 11.8 Å². The summed E-state index contributed by atoms with van der Waals surface area (Å²) in [6.45, 7) is 7.98. The summed E-state index contributed by atoms with van der Waals surface area (Å²) in [5.41, 5.74) is 30.2. The minimum atomic E-state index is 0.0162. The van der Waals surface area contributed by atoms with Crippen LogP contribution in [0, 0.1) is 37.5 Å². The Balaban J connectivity index is 0.000000162. The first-order valence-corrected chi connectivity index (χ1v) is 17.0. The molecule has 0 bridgehead atoms. The fourth-order valence-corrected chi connectivity index (χ4v) is 6.17. The number of nitrogens with zero attached hydrogens (tertiary/aromatic N) is 6. The summed E-state index contributed by atoms with van der Waals surface area (Å²) in [5, 5.41) is 8.94. The number of fused-ring (bicyclic) bond motifs is 2. The average molecular weight is 697 g/mol. The van der Waals surface area contributed by atoms with Crippen LogP contribution in [-0.2, 0) is 9.59 Å². The first-order chi connectivity index (χ1) is 24.9. The van der Waals surface area contributed by atoms with Gasteiger partial charge >= 0.3 is 0 Å². The zero-order chi connectivity index (χ0) is 36.8. The van der Waals surface area contributed by atoms with Crippen molar-refractivity contribution in [2.75, 3.05) is 33.6 Å². The predicted molar refractivity (Wildman–Crippen MR) is 204 cm³/mol. The molecule has 2 amide bonds. The second-order valence-corrected chi connectivity index (χ2v) is 13.8. The number of nitrogen functional groups attached to an aromatic ring is 4. The van der Waals surface area contributed by atoms with Crippen LogP contribution in [0.4, 0.5) is 34.6 Å². The van der Waals surface area contributed by atoms with E-state index in [0.717, 1.165) is 56.6 Å². The topological polar surface area (TPSA) is 240 Å². The molecule has 14 heteroatoms. The lowest BCUT2D eigenvalue weighted by Gasteiger charge is -2.11. The van der Waals surface area contributed by atoms with Crippen LogP contribution in [-0.4, -0.2) is 41.7 Å². The van der Waals surface area contributed by atoms with Crippen molar-refractivity contribution >= 4 is 68.0 Å². The van der Waals surface area contributed by atoms with E-state index in [0.29, 0.717) is 57.9 Å². The van der Waals surface area contributed by atoms with Crippen LogP contribution in [0.2, 0.25) is 0 Å². The number of carbonyl (C=O) groups is 2. The molecule has 0 saturated heterocycles. The summed E-state index contributed by atoms with van der Waals surface area (Å²) in [6, 6.07) is 7.45. The van der Waals surface area contributed by atoms with Gasteiger partial charge < -0.3 is 33.6 Å². The Morgan fingerprint density at radius 3 is 1.37 bits per heavy atom. The summed E-state index contributed by atoms with van der Waals surface area (Å²) in [4.78, 5) is 50.1. The highest BCUT2D eigenvalue weighted by atomic mass is 16.2. The second kappa shape index (κ2) is 13.4. The lowest BCUT2D eigenvalue weighted by molar-refractivity contribution is -0.118. The van der Waals surface area contributed by atoms with Gasteiger partial charge in [0.05, 0.1) is 35.2 Å². The van der Waals surface area contributed by atoms with Gasteiger partial charge in [-0.05, 0) is 84.7 Å². The number of rotatable bonds is 6. The van der Waals surface area contributed by atoms with Gasteiger partial charge in [0.1, 0.15) is 23.3 Å². The Labute approximate surface area is 299 Å². The first-order valence-electron chi connectivity index (χ1n) is 17.0. The molecule has 6 aromatic rings. The molecular weight excluding hydrogens is 656 g/mol. The van der Waals surface area contributed by atoms with Crippen LogP contribution in [0.1, 0.15) is 37.8 Å². The van der Waals surface area contributed by atoms with Crippen molar-refractivity contribution in [3.63, 3.8) is 0 Å². The van der Waals surface area contributed by atoms with Gasteiger partial charge in [-0.1, -0.05) is 13.8 Å². The Morgan fingerprint density at radius 2 is 1.00 bits per heavy atom. The van der Waals surface area contributed by atoms with Gasteiger partial charge in [0, 0.05) is 58.5 Å². The molecule has 1 unspecified atom stereocenters. The molecule has 6 aromatic heterocycles. The van der Waals surface area contributed by atoms with E-state index in [1.54, 1.807) is 37.2 Å². The number of nitrogens with two attached hydrogens (primary N) is 4. The molecule has 6 heterocycles. The van der Waals surface area contributed by atoms with Crippen LogP contribution in [0.15, 0.2) is 61.4 Å². The van der Waals surface area contributed by atoms with Crippen molar-refractivity contribution in [1.82, 2.24) is 29.9 Å². The quantitative estimate of drug-likeness (QED) is 0.126. The van der Waals surface area contributed by atoms with E-state index in [1.165, 1.54) is 0 Å². The second-order valence-electron chi connectivity index (χ2n) is 13.8. The van der Waals surface area contributed by atoms with Gasteiger partial charge in [-0.3, -0.25) is 19.6 Å². The Morgan fingerprint density at radius 1 is 0.615 bits per heavy atom. The molecule has 0 aliphatic heterocycles. The molecule has 264 valence electrons. The first kappa shape index (κ1) is 34.0. The largest absolute Gasteiger partial charge is 0.397 e. The standard InChI is InChI=1S/2C19H20N6O/c2*1-9-3-12(9)19(26)25-17-5-11-4-16(24-18(21)14(11)7-23-17)13-6-22-8-15(20)10(13)2/h2*4-9,12H,3,20H2,1-2H3,(H2,21,24)(H,23,25,26)/t9-,12?;9-,12-/m10/s1. The summed E-state index contributed by atoms with van der Waals surface area (Å²) in [6.07, 6.45) is 11.8. The Hall–Kier alpha value is -6.44. The number of pyridine rings is 6. The lowest BCUT2D eigenvalue weighted by atomic mass is 10.0. The van der Waals surface area contributed by atoms with Crippen molar-refractivity contribution in [2.24, 2.45) is 23.7 Å². The lowest BCUT2D eigenvalue weighted by Crippen LogP contribution is -2.15. The molecule has 8 rings (SSSR count). The molecule has 0 radical (unpaired) electrons. The Kier molecular flexibility index (Phi) is 8.74. The van der Waals surface area contributed by atoms with Gasteiger partial charge in [0.15, 0.2) is 0 Å². The molecule has 10 N–H and O–H groups in total. The van der Waals surface area contributed by atoms with Gasteiger partial charge in [-0.15, -0.1) is 0 Å². The van der Waals surface area contributed by atoms with Crippen molar-refractivity contribution in [3.05, 3.63) is 72.6 Å². The molecule has 2 saturated carbocycles. The molecule has 0 aromatic carbocycles. The third-order valence-electron chi connectivity index (χ3n) is 9.95. The molecule has 14 nitrogen and oxygen atoms in total. The average Bonchev–Trinajstić information content (AvgIpc) is 4.04. The van der Waals surface area contributed by atoms with E-state index >= 15 is 0 Å². The van der Waals surface area contributed by atoms with Crippen molar-refractivity contribution in [2.45, 2.75) is 40.5 Å². The van der Waals surface area contributed by atoms with Crippen LogP contribution in [0.3, 0.4) is 0 Å². The number of anilines is 6. The highest BCUT2D eigenvalue weighted by molar-refractivity contribution is 6.00. The normalized spacial score (nSPS) is 18.7. The van der Waals surface area contributed by atoms with Crippen LogP contribution >= 0.6 is 0 Å². The molecule has 0 spiro atoms. The summed E-state index contributed by atoms with van der Waals surface area (Å²) in [7, 11) is 0. The fraction of sp³-hybridized carbons (Fsp3) is 0.263. The third-order valence-corrected chi connectivity index (χ3v) is 9.95. The van der Waals surface area contributed by atoms with Crippen LogP contribution in [0.25, 0.3) is 44.1 Å². The molecule has 2 aliphatic rings. The molecular formula is C38H40N12O2. The summed E-state index contributed by atoms with van der Waals surface area (Å²) >= 11 is 0. The number of nitrogens with one attached hydrogen (secondary N) is 2. The van der Waals surface area contributed by atoms with E-state index in [-0.39, 0.29) is 23.7 Å². The maximum atomic E-state index is 12.1. The van der Waals surface area contributed by atoms with E-state index in [2.05, 4.69) is 54.4 Å². The zero-order valence-electron chi connectivity index (χ0n) is 29.3. The van der Waals surface area contributed by atoms with E-state index in [1.807, 2.05) is 38.1 Å². The molecule has 2 fully saturated rings. The molecule has 4 atom stereocenters. The van der Waals surface area contributed by atoms with Gasteiger partial charge in [-0.25, -0.2) is 19.9 Å². The van der Waals surface area contributed by atoms with E-state index in [4.69, 9.17) is 22.9 Å². The summed E-state index contributed by atoms with van der Waals surface area (Å²) in [5.74, 6) is 2.88. The molecule has 2 aliphatic carbocycles. The minimum absolute atomic E-state index is 0.0162. The Bertz CT molecular complexity index is 2230. The number of amides is 2. The third kappa shape index (κ3) is 6.82. The minimum Gasteiger partial charge on any atom is -0.397 e. The highest BCUT2D eigenvalue weighted by Crippen LogP contribution is 2.39. The number of carbonyl (C=O) groups excluding carboxylic acids is 2. The number of hydrogen-bond acceptors (Lipinski definition) is 12. The SMILES string of the molecule is Cc1c(N)cncc1-c1cc2cc(NC(=O)C3C[C@H]3C)ncc2c(N)n1.Cc1c(N)cncc1-c1cc2cc(NC(=O)[C@H]3C[C@@H]3C)ncc2c(N)n1. The van der Waals surface area contributed by atoms with Gasteiger partial charge in [-0.2, -0.15) is 0 Å². The van der Waals surface area contributed by atoms with Crippen molar-refractivity contribution in [1.29, 1.82) is 0 Å². The van der Waals surface area contributed by atoms with Crippen LogP contribution in [0.5, 0.6) is 0 Å². The summed E-state index contributed by atoms with van der Waals surface area (Å²) < 4.78 is 0. The maximum absolute atomic E-state index is 12.1. The molecule has 52 heavy (non-hydrogen) atoms. The predicted octanol–water partition coefficient (Wildman–Crippen LogP) is 5.52. The highest BCUT2D eigenvalue weighted by Gasteiger charge is 2.40. The number of aromatic nitrogens is 6. The van der Waals surface area contributed by atoms with Crippen LogP contribution < -0.4 is 33.6 Å². The monoisotopic (exact) mass is 696 g/mol. The van der Waals surface area contributed by atoms with Crippen molar-refractivity contribution < 1.29 is 9.59 Å². The number of hydrogen-bond donors (Lipinski definition) is 6. The maximum Gasteiger partial charge on any atom is 0.228 e. The smallest absolute Gasteiger partial charge is 0.228 e. The van der Waals surface area contributed by atoms with Crippen molar-refractivity contribution in [3.8, 4) is 22.5 Å². The zero-order valence-corrected chi connectivity index (χ0v) is 29.3. The van der Waals surface area contributed by atoms with E-state index < -0.39 is 0 Å².